The zero-order valence-electron chi connectivity index (χ0n) is 11.3. The van der Waals surface area contributed by atoms with E-state index in [4.69, 9.17) is 0 Å². The average Bonchev–Trinajstić information content (AvgIpc) is 2.83. The summed E-state index contributed by atoms with van der Waals surface area (Å²) in [6.07, 6.45) is 4.62. The first kappa shape index (κ1) is 12.9. The van der Waals surface area contributed by atoms with Gasteiger partial charge in [0.05, 0.1) is 0 Å². The minimum Gasteiger partial charge on any atom is -0.319 e. The topological polar surface area (TPSA) is 17.0 Å². The Bertz CT molecular complexity index is 485. The second-order valence-corrected chi connectivity index (χ2v) is 4.69. The molecule has 1 heterocycles. The molecule has 0 aliphatic carbocycles. The molecule has 0 bridgehead atoms. The number of aromatic nitrogens is 1. The fourth-order valence-corrected chi connectivity index (χ4v) is 2.15. The summed E-state index contributed by atoms with van der Waals surface area (Å²) in [5.74, 6) is 0. The highest BCUT2D eigenvalue weighted by atomic mass is 15.0. The van der Waals surface area contributed by atoms with Crippen molar-refractivity contribution in [2.24, 2.45) is 0 Å². The minimum atomic E-state index is 0.932. The van der Waals surface area contributed by atoms with Crippen LogP contribution in [0.15, 0.2) is 42.6 Å². The summed E-state index contributed by atoms with van der Waals surface area (Å²) in [5.41, 5.74) is 3.90. The summed E-state index contributed by atoms with van der Waals surface area (Å²) in [5, 5.41) is 3.50. The Morgan fingerprint density at radius 1 is 1.11 bits per heavy atom. The van der Waals surface area contributed by atoms with Gasteiger partial charge < -0.3 is 9.88 Å². The summed E-state index contributed by atoms with van der Waals surface area (Å²) < 4.78 is 2.27. The van der Waals surface area contributed by atoms with E-state index in [1.807, 2.05) is 0 Å². The molecule has 96 valence electrons. The van der Waals surface area contributed by atoms with Gasteiger partial charge in [-0.3, -0.25) is 0 Å². The fraction of sp³-hybridized carbons (Fsp3) is 0.375. The van der Waals surface area contributed by atoms with E-state index in [9.17, 15) is 0 Å². The molecule has 0 radical (unpaired) electrons. The molecule has 2 rings (SSSR count). The molecular weight excluding hydrogens is 220 g/mol. The normalized spacial score (nSPS) is 10.8. The van der Waals surface area contributed by atoms with E-state index in [-0.39, 0.29) is 0 Å². The molecule has 1 N–H and O–H groups in total. The van der Waals surface area contributed by atoms with E-state index in [1.165, 1.54) is 29.8 Å². The van der Waals surface area contributed by atoms with Gasteiger partial charge in [0.2, 0.25) is 0 Å². The van der Waals surface area contributed by atoms with E-state index >= 15 is 0 Å². The predicted octanol–water partition coefficient (Wildman–Crippen LogP) is 3.68. The molecule has 2 nitrogen and oxygen atoms in total. The number of nitrogens with zero attached hydrogens (tertiary/aromatic N) is 1. The Morgan fingerprint density at radius 3 is 2.72 bits per heavy atom. The molecule has 1 aromatic heterocycles. The van der Waals surface area contributed by atoms with Crippen LogP contribution in [0.1, 0.15) is 31.0 Å². The standard InChI is InChI=1S/C16H22N2/c1-3-4-11-17-13-15-9-7-12-18(15)16-10-6-5-8-14(16)2/h5-10,12,17H,3-4,11,13H2,1-2H3. The maximum Gasteiger partial charge on any atom is 0.0481 e. The van der Waals surface area contributed by atoms with Crippen LogP contribution in [0.2, 0.25) is 0 Å². The zero-order chi connectivity index (χ0) is 12.8. The van der Waals surface area contributed by atoms with E-state index in [1.54, 1.807) is 0 Å². The van der Waals surface area contributed by atoms with Crippen molar-refractivity contribution >= 4 is 0 Å². The molecule has 1 aromatic carbocycles. The summed E-state index contributed by atoms with van der Waals surface area (Å²) in [6, 6.07) is 12.8. The number of para-hydroxylation sites is 1. The van der Waals surface area contributed by atoms with Gasteiger partial charge in [-0.25, -0.2) is 0 Å². The number of nitrogens with one attached hydrogen (secondary N) is 1. The van der Waals surface area contributed by atoms with Crippen molar-refractivity contribution in [3.8, 4) is 5.69 Å². The van der Waals surface area contributed by atoms with Crippen molar-refractivity contribution in [2.75, 3.05) is 6.54 Å². The van der Waals surface area contributed by atoms with E-state index in [0.717, 1.165) is 13.1 Å². The van der Waals surface area contributed by atoms with Crippen LogP contribution in [0.4, 0.5) is 0 Å². The molecule has 0 aliphatic rings. The smallest absolute Gasteiger partial charge is 0.0481 e. The van der Waals surface area contributed by atoms with E-state index in [2.05, 4.69) is 66.3 Å². The van der Waals surface area contributed by atoms with Crippen molar-refractivity contribution in [3.05, 3.63) is 53.9 Å². The van der Waals surface area contributed by atoms with Crippen LogP contribution in [0.25, 0.3) is 5.69 Å². The third kappa shape index (κ3) is 3.02. The second-order valence-electron chi connectivity index (χ2n) is 4.69. The molecule has 2 aromatic rings. The molecule has 0 unspecified atom stereocenters. The molecule has 0 aliphatic heterocycles. The predicted molar refractivity (Wildman–Crippen MR) is 77.1 cm³/mol. The van der Waals surface area contributed by atoms with Crippen LogP contribution >= 0.6 is 0 Å². The van der Waals surface area contributed by atoms with Gasteiger partial charge >= 0.3 is 0 Å². The van der Waals surface area contributed by atoms with Gasteiger partial charge in [0.1, 0.15) is 0 Å². The Morgan fingerprint density at radius 2 is 1.94 bits per heavy atom. The van der Waals surface area contributed by atoms with Gasteiger partial charge in [0.15, 0.2) is 0 Å². The Balaban J connectivity index is 2.10. The second kappa shape index (κ2) is 6.41. The summed E-state index contributed by atoms with van der Waals surface area (Å²) in [6.45, 7) is 6.40. The first-order valence-electron chi connectivity index (χ1n) is 6.76. The lowest BCUT2D eigenvalue weighted by Gasteiger charge is -2.12. The summed E-state index contributed by atoms with van der Waals surface area (Å²) in [4.78, 5) is 0. The Hall–Kier alpha value is -1.54. The first-order valence-corrected chi connectivity index (χ1v) is 6.76. The van der Waals surface area contributed by atoms with Gasteiger partial charge in [-0.2, -0.15) is 0 Å². The molecule has 0 spiro atoms. The van der Waals surface area contributed by atoms with Crippen LogP contribution in [0.3, 0.4) is 0 Å². The molecule has 0 saturated heterocycles. The van der Waals surface area contributed by atoms with Gasteiger partial charge in [0, 0.05) is 24.1 Å². The molecule has 0 atom stereocenters. The lowest BCUT2D eigenvalue weighted by atomic mass is 10.2. The largest absolute Gasteiger partial charge is 0.319 e. The van der Waals surface area contributed by atoms with Gasteiger partial charge in [-0.1, -0.05) is 31.5 Å². The van der Waals surface area contributed by atoms with Crippen molar-refractivity contribution in [2.45, 2.75) is 33.2 Å². The number of hydrogen-bond donors (Lipinski definition) is 1. The lowest BCUT2D eigenvalue weighted by molar-refractivity contribution is 0.627. The maximum atomic E-state index is 3.50. The summed E-state index contributed by atoms with van der Waals surface area (Å²) in [7, 11) is 0. The highest BCUT2D eigenvalue weighted by Gasteiger charge is 2.04. The molecule has 0 fully saturated rings. The fourth-order valence-electron chi connectivity index (χ4n) is 2.15. The summed E-state index contributed by atoms with van der Waals surface area (Å²) >= 11 is 0. The minimum absolute atomic E-state index is 0.932. The quantitative estimate of drug-likeness (QED) is 0.765. The number of hydrogen-bond acceptors (Lipinski definition) is 1. The van der Waals surface area contributed by atoms with Crippen molar-refractivity contribution in [1.82, 2.24) is 9.88 Å². The SMILES string of the molecule is CCCCNCc1cccn1-c1ccccc1C. The van der Waals surface area contributed by atoms with Crippen LogP contribution in [0.5, 0.6) is 0 Å². The van der Waals surface area contributed by atoms with Crippen LogP contribution in [-0.2, 0) is 6.54 Å². The van der Waals surface area contributed by atoms with Gasteiger partial charge in [-0.15, -0.1) is 0 Å². The van der Waals surface area contributed by atoms with Crippen LogP contribution in [-0.4, -0.2) is 11.1 Å². The highest BCUT2D eigenvalue weighted by molar-refractivity contribution is 5.42. The Labute approximate surface area is 110 Å². The molecule has 0 amide bonds. The van der Waals surface area contributed by atoms with Crippen LogP contribution < -0.4 is 5.32 Å². The van der Waals surface area contributed by atoms with Gasteiger partial charge in [0.25, 0.3) is 0 Å². The highest BCUT2D eigenvalue weighted by Crippen LogP contribution is 2.16. The van der Waals surface area contributed by atoms with Crippen molar-refractivity contribution < 1.29 is 0 Å². The van der Waals surface area contributed by atoms with E-state index in [0.29, 0.717) is 0 Å². The third-order valence-corrected chi connectivity index (χ3v) is 3.22. The lowest BCUT2D eigenvalue weighted by Crippen LogP contribution is -2.16. The molecule has 0 saturated carbocycles. The van der Waals surface area contributed by atoms with Gasteiger partial charge in [-0.05, 0) is 43.7 Å². The van der Waals surface area contributed by atoms with Crippen molar-refractivity contribution in [1.29, 1.82) is 0 Å². The number of rotatable bonds is 6. The van der Waals surface area contributed by atoms with E-state index < -0.39 is 0 Å². The molecular formula is C16H22N2. The molecule has 2 heteroatoms. The van der Waals surface area contributed by atoms with Crippen molar-refractivity contribution in [3.63, 3.8) is 0 Å². The third-order valence-electron chi connectivity index (χ3n) is 3.22. The first-order chi connectivity index (χ1) is 8.83. The van der Waals surface area contributed by atoms with Crippen LogP contribution in [0, 0.1) is 6.92 Å². The number of benzene rings is 1. The monoisotopic (exact) mass is 242 g/mol. The molecule has 18 heavy (non-hydrogen) atoms. The average molecular weight is 242 g/mol. The Kier molecular flexibility index (Phi) is 4.59. The number of aryl methyl sites for hydroxylation is 1. The maximum absolute atomic E-state index is 3.50. The number of unbranched alkanes of at least 4 members (excludes halogenated alkanes) is 1. The zero-order valence-corrected chi connectivity index (χ0v) is 11.3.